The zero-order chi connectivity index (χ0) is 14.2. The van der Waals surface area contributed by atoms with Crippen molar-refractivity contribution in [3.8, 4) is 5.69 Å². The summed E-state index contributed by atoms with van der Waals surface area (Å²) in [7, 11) is 0. The summed E-state index contributed by atoms with van der Waals surface area (Å²) in [5.74, 6) is -1.04. The predicted molar refractivity (Wildman–Crippen MR) is 74.8 cm³/mol. The molecule has 1 heterocycles. The van der Waals surface area contributed by atoms with Gasteiger partial charge in [0, 0.05) is 4.47 Å². The van der Waals surface area contributed by atoms with Gasteiger partial charge in [-0.25, -0.2) is 9.48 Å². The van der Waals surface area contributed by atoms with Gasteiger partial charge in [-0.3, -0.25) is 0 Å². The van der Waals surface area contributed by atoms with E-state index in [1.807, 2.05) is 39.0 Å². The van der Waals surface area contributed by atoms with Gasteiger partial charge in [-0.1, -0.05) is 41.1 Å². The minimum atomic E-state index is -1.05. The van der Waals surface area contributed by atoms with E-state index in [-0.39, 0.29) is 11.6 Å². The van der Waals surface area contributed by atoms with Gasteiger partial charge in [0.1, 0.15) is 0 Å². The Labute approximate surface area is 119 Å². The molecule has 19 heavy (non-hydrogen) atoms. The second-order valence-corrected chi connectivity index (χ2v) is 5.54. The number of carboxylic acid groups (broad SMARTS) is 1. The molecule has 0 saturated carbocycles. The largest absolute Gasteiger partial charge is 0.476 e. The lowest BCUT2D eigenvalue weighted by molar-refractivity contribution is 0.0688. The monoisotopic (exact) mass is 323 g/mol. The Kier molecular flexibility index (Phi) is 3.71. The first-order valence-electron chi connectivity index (χ1n) is 5.87. The van der Waals surface area contributed by atoms with Gasteiger partial charge in [0.05, 0.1) is 11.4 Å². The fraction of sp³-hybridized carbons (Fsp3) is 0.308. The summed E-state index contributed by atoms with van der Waals surface area (Å²) >= 11 is 3.41. The molecule has 1 N–H and O–H groups in total. The zero-order valence-electron chi connectivity index (χ0n) is 10.9. The second-order valence-electron chi connectivity index (χ2n) is 4.63. The van der Waals surface area contributed by atoms with Crippen molar-refractivity contribution in [3.05, 3.63) is 39.6 Å². The quantitative estimate of drug-likeness (QED) is 0.942. The van der Waals surface area contributed by atoms with Crippen LogP contribution < -0.4 is 0 Å². The Morgan fingerprint density at radius 2 is 2.11 bits per heavy atom. The van der Waals surface area contributed by atoms with Gasteiger partial charge in [0.25, 0.3) is 0 Å². The topological polar surface area (TPSA) is 68.0 Å². The molecular formula is C13H14BrN3O2. The molecule has 0 fully saturated rings. The van der Waals surface area contributed by atoms with Crippen LogP contribution in [0.1, 0.15) is 41.5 Å². The molecule has 1 aromatic carbocycles. The molecule has 0 unspecified atom stereocenters. The molecule has 6 heteroatoms. The lowest BCUT2D eigenvalue weighted by Crippen LogP contribution is -2.09. The molecule has 0 aliphatic carbocycles. The summed E-state index contributed by atoms with van der Waals surface area (Å²) < 4.78 is 2.52. The number of benzene rings is 1. The van der Waals surface area contributed by atoms with Gasteiger partial charge in [-0.15, -0.1) is 5.10 Å². The summed E-state index contributed by atoms with van der Waals surface area (Å²) in [5.41, 5.74) is 2.45. The van der Waals surface area contributed by atoms with E-state index < -0.39 is 5.97 Å². The zero-order valence-corrected chi connectivity index (χ0v) is 12.5. The van der Waals surface area contributed by atoms with Gasteiger partial charge in [-0.05, 0) is 30.5 Å². The Balaban J connectivity index is 2.69. The molecule has 0 bridgehead atoms. The third kappa shape index (κ3) is 2.53. The van der Waals surface area contributed by atoms with E-state index in [1.165, 1.54) is 0 Å². The molecule has 0 aliphatic heterocycles. The Hall–Kier alpha value is -1.69. The molecule has 0 saturated heterocycles. The number of rotatable bonds is 3. The fourth-order valence-corrected chi connectivity index (χ4v) is 2.30. The van der Waals surface area contributed by atoms with Crippen LogP contribution in [0.25, 0.3) is 5.69 Å². The van der Waals surface area contributed by atoms with Crippen LogP contribution in [0.2, 0.25) is 0 Å². The normalized spacial score (nSPS) is 11.0. The Bertz CT molecular complexity index is 635. The third-order valence-corrected chi connectivity index (χ3v) is 3.35. The van der Waals surface area contributed by atoms with Crippen molar-refractivity contribution < 1.29 is 9.90 Å². The molecule has 0 spiro atoms. The third-order valence-electron chi connectivity index (χ3n) is 2.85. The number of aromatic nitrogens is 3. The summed E-state index contributed by atoms with van der Waals surface area (Å²) in [6, 6.07) is 5.79. The second kappa shape index (κ2) is 5.13. The molecule has 1 aromatic heterocycles. The SMILES string of the molecule is Cc1ccc(Br)cc1-n1nnc(C(=O)O)c1C(C)C. The number of carboxylic acids is 1. The highest BCUT2D eigenvalue weighted by atomic mass is 79.9. The first-order chi connectivity index (χ1) is 8.91. The number of aryl methyl sites for hydroxylation is 1. The first kappa shape index (κ1) is 13.7. The minimum Gasteiger partial charge on any atom is -0.476 e. The summed E-state index contributed by atoms with van der Waals surface area (Å²) in [6.07, 6.45) is 0. The van der Waals surface area contributed by atoms with E-state index in [0.29, 0.717) is 5.69 Å². The maximum absolute atomic E-state index is 11.2. The molecule has 2 rings (SSSR count). The van der Waals surface area contributed by atoms with Crippen LogP contribution in [0.3, 0.4) is 0 Å². The van der Waals surface area contributed by atoms with Gasteiger partial charge in [0.2, 0.25) is 0 Å². The van der Waals surface area contributed by atoms with Crippen molar-refractivity contribution >= 4 is 21.9 Å². The van der Waals surface area contributed by atoms with E-state index in [0.717, 1.165) is 15.7 Å². The molecule has 0 radical (unpaired) electrons. The van der Waals surface area contributed by atoms with Crippen LogP contribution in [-0.2, 0) is 0 Å². The summed E-state index contributed by atoms with van der Waals surface area (Å²) in [5, 5.41) is 17.0. The van der Waals surface area contributed by atoms with E-state index in [4.69, 9.17) is 0 Å². The van der Waals surface area contributed by atoms with Crippen LogP contribution in [-0.4, -0.2) is 26.1 Å². The van der Waals surface area contributed by atoms with Gasteiger partial charge in [-0.2, -0.15) is 0 Å². The number of hydrogen-bond donors (Lipinski definition) is 1. The highest BCUT2D eigenvalue weighted by molar-refractivity contribution is 9.10. The van der Waals surface area contributed by atoms with Crippen LogP contribution in [0.4, 0.5) is 0 Å². The summed E-state index contributed by atoms with van der Waals surface area (Å²) in [6.45, 7) is 5.80. The lowest BCUT2D eigenvalue weighted by atomic mass is 10.1. The molecule has 100 valence electrons. The van der Waals surface area contributed by atoms with Crippen molar-refractivity contribution in [2.75, 3.05) is 0 Å². The Morgan fingerprint density at radius 1 is 1.42 bits per heavy atom. The number of hydrogen-bond acceptors (Lipinski definition) is 3. The number of aromatic carboxylic acids is 1. The number of halogens is 1. The van der Waals surface area contributed by atoms with Crippen LogP contribution >= 0.6 is 15.9 Å². The molecular weight excluding hydrogens is 310 g/mol. The van der Waals surface area contributed by atoms with Gasteiger partial charge in [0.15, 0.2) is 5.69 Å². The number of carbonyl (C=O) groups is 1. The number of nitrogens with zero attached hydrogens (tertiary/aromatic N) is 3. The minimum absolute atomic E-state index is 0.00868. The smallest absolute Gasteiger partial charge is 0.358 e. The van der Waals surface area contributed by atoms with Gasteiger partial charge < -0.3 is 5.11 Å². The summed E-state index contributed by atoms with van der Waals surface area (Å²) in [4.78, 5) is 11.2. The van der Waals surface area contributed by atoms with Crippen molar-refractivity contribution in [1.29, 1.82) is 0 Å². The highest BCUT2D eigenvalue weighted by Crippen LogP contribution is 2.25. The van der Waals surface area contributed by atoms with E-state index >= 15 is 0 Å². The molecule has 0 atom stereocenters. The maximum Gasteiger partial charge on any atom is 0.358 e. The van der Waals surface area contributed by atoms with E-state index in [2.05, 4.69) is 26.2 Å². The maximum atomic E-state index is 11.2. The average Bonchev–Trinajstić information content (AvgIpc) is 2.76. The predicted octanol–water partition coefficient (Wildman–Crippen LogP) is 3.16. The van der Waals surface area contributed by atoms with Crippen molar-refractivity contribution in [3.63, 3.8) is 0 Å². The standard InChI is InChI=1S/C13H14BrN3O2/c1-7(2)12-11(13(18)19)15-16-17(12)10-6-9(14)5-4-8(10)3/h4-7H,1-3H3,(H,18,19). The first-order valence-corrected chi connectivity index (χ1v) is 6.66. The van der Waals surface area contributed by atoms with Crippen molar-refractivity contribution in [2.24, 2.45) is 0 Å². The fourth-order valence-electron chi connectivity index (χ4n) is 1.95. The van der Waals surface area contributed by atoms with Crippen LogP contribution in [0.15, 0.2) is 22.7 Å². The van der Waals surface area contributed by atoms with Crippen molar-refractivity contribution in [2.45, 2.75) is 26.7 Å². The van der Waals surface area contributed by atoms with E-state index in [1.54, 1.807) is 4.68 Å². The molecule has 0 aliphatic rings. The molecule has 2 aromatic rings. The molecule has 0 amide bonds. The van der Waals surface area contributed by atoms with Crippen LogP contribution in [0.5, 0.6) is 0 Å². The molecule has 5 nitrogen and oxygen atoms in total. The lowest BCUT2D eigenvalue weighted by Gasteiger charge is -2.12. The van der Waals surface area contributed by atoms with Crippen molar-refractivity contribution in [1.82, 2.24) is 15.0 Å². The van der Waals surface area contributed by atoms with Crippen LogP contribution in [0, 0.1) is 6.92 Å². The Morgan fingerprint density at radius 3 is 2.68 bits per heavy atom. The highest BCUT2D eigenvalue weighted by Gasteiger charge is 2.22. The van der Waals surface area contributed by atoms with Gasteiger partial charge >= 0.3 is 5.97 Å². The average molecular weight is 324 g/mol. The van der Waals surface area contributed by atoms with E-state index in [9.17, 15) is 9.90 Å².